The van der Waals surface area contributed by atoms with E-state index in [4.69, 9.17) is 0 Å². The molecular weight excluding hydrogens is 160 g/mol. The van der Waals surface area contributed by atoms with Gasteiger partial charge in [-0.15, -0.1) is 0 Å². The second kappa shape index (κ2) is 2.96. The van der Waals surface area contributed by atoms with Crippen molar-refractivity contribution in [2.45, 2.75) is 50.7 Å². The molecule has 3 rings (SSSR count). The Hall–Kier alpha value is -0.0800. The molecule has 0 radical (unpaired) electrons. The minimum absolute atomic E-state index is 0.826. The lowest BCUT2D eigenvalue weighted by molar-refractivity contribution is -0.00398. The highest BCUT2D eigenvalue weighted by Gasteiger charge is 2.41. The van der Waals surface area contributed by atoms with Crippen LogP contribution in [0.3, 0.4) is 0 Å². The third-order valence-electron chi connectivity index (χ3n) is 3.90. The first-order valence-corrected chi connectivity index (χ1v) is 5.84. The molecule has 2 bridgehead atoms. The number of hydrogen-bond donors (Lipinski definition) is 0. The van der Waals surface area contributed by atoms with Gasteiger partial charge in [0.25, 0.3) is 0 Å². The van der Waals surface area contributed by atoms with Crippen molar-refractivity contribution in [3.8, 4) is 0 Å². The van der Waals surface area contributed by atoms with E-state index < -0.39 is 0 Å². The molecule has 0 aromatic rings. The van der Waals surface area contributed by atoms with Gasteiger partial charge in [0.05, 0.1) is 0 Å². The van der Waals surface area contributed by atoms with Crippen molar-refractivity contribution < 1.29 is 0 Å². The van der Waals surface area contributed by atoms with Gasteiger partial charge < -0.3 is 4.90 Å². The maximum absolute atomic E-state index is 2.83. The molecule has 1 saturated carbocycles. The molecule has 0 spiro atoms. The molecule has 2 nitrogen and oxygen atoms in total. The van der Waals surface area contributed by atoms with Crippen LogP contribution < -0.4 is 0 Å². The maximum atomic E-state index is 2.83. The smallest absolute Gasteiger partial charge is 0.0229 e. The van der Waals surface area contributed by atoms with Crippen LogP contribution in [-0.4, -0.2) is 47.6 Å². The van der Waals surface area contributed by atoms with E-state index >= 15 is 0 Å². The summed E-state index contributed by atoms with van der Waals surface area (Å²) < 4.78 is 0. The van der Waals surface area contributed by atoms with Gasteiger partial charge in [-0.05, 0) is 39.2 Å². The third kappa shape index (κ3) is 1.40. The molecule has 0 N–H and O–H groups in total. The Morgan fingerprint density at radius 2 is 1.85 bits per heavy atom. The van der Waals surface area contributed by atoms with Crippen molar-refractivity contribution in [2.24, 2.45) is 0 Å². The molecule has 3 aliphatic rings. The molecule has 2 heterocycles. The summed E-state index contributed by atoms with van der Waals surface area (Å²) in [5.41, 5.74) is 0. The third-order valence-corrected chi connectivity index (χ3v) is 3.90. The first-order chi connectivity index (χ1) is 6.34. The summed E-state index contributed by atoms with van der Waals surface area (Å²) in [7, 11) is 0. The van der Waals surface area contributed by atoms with E-state index in [0.29, 0.717) is 0 Å². The van der Waals surface area contributed by atoms with Gasteiger partial charge in [0.15, 0.2) is 0 Å². The average Bonchev–Trinajstić information content (AvgIpc) is 2.88. The first-order valence-electron chi connectivity index (χ1n) is 5.84. The second-order valence-electron chi connectivity index (χ2n) is 5.08. The molecule has 3 unspecified atom stereocenters. The first kappa shape index (κ1) is 8.25. The molecule has 1 aliphatic carbocycles. The lowest BCUT2D eigenvalue weighted by atomic mass is 9.97. The van der Waals surface area contributed by atoms with Crippen LogP contribution in [0.2, 0.25) is 0 Å². The Morgan fingerprint density at radius 3 is 2.62 bits per heavy atom. The van der Waals surface area contributed by atoms with Crippen molar-refractivity contribution >= 4 is 0 Å². The predicted molar refractivity (Wildman–Crippen MR) is 53.8 cm³/mol. The number of nitrogens with zero attached hydrogens (tertiary/aromatic N) is 2. The highest BCUT2D eigenvalue weighted by molar-refractivity contribution is 4.98. The summed E-state index contributed by atoms with van der Waals surface area (Å²) >= 11 is 0. The second-order valence-corrected chi connectivity index (χ2v) is 5.08. The maximum Gasteiger partial charge on any atom is 0.0229 e. The van der Waals surface area contributed by atoms with E-state index in [9.17, 15) is 0 Å². The van der Waals surface area contributed by atoms with Crippen molar-refractivity contribution in [3.05, 3.63) is 0 Å². The molecule has 2 heteroatoms. The Labute approximate surface area is 80.9 Å². The van der Waals surface area contributed by atoms with Crippen LogP contribution in [-0.2, 0) is 0 Å². The van der Waals surface area contributed by atoms with Gasteiger partial charge in [-0.2, -0.15) is 0 Å². The highest BCUT2D eigenvalue weighted by Crippen LogP contribution is 2.35. The zero-order valence-corrected chi connectivity index (χ0v) is 8.58. The quantitative estimate of drug-likeness (QED) is 0.600. The lowest BCUT2D eigenvalue weighted by Crippen LogP contribution is -2.60. The molecule has 2 saturated heterocycles. The fourth-order valence-corrected chi connectivity index (χ4v) is 3.30. The van der Waals surface area contributed by atoms with Crippen molar-refractivity contribution in [2.75, 3.05) is 19.6 Å². The van der Waals surface area contributed by atoms with Crippen LogP contribution in [0.25, 0.3) is 0 Å². The van der Waals surface area contributed by atoms with E-state index in [1.807, 2.05) is 0 Å². The van der Waals surface area contributed by atoms with Crippen LogP contribution in [0.4, 0.5) is 0 Å². The van der Waals surface area contributed by atoms with Gasteiger partial charge >= 0.3 is 0 Å². The number of fused-ring (bicyclic) bond motifs is 2. The molecular formula is C11H20N2. The standard InChI is InChI=1S/C11H20N2/c1-9-7-12-6-2-3-11(8-12)13(9)10-4-5-10/h9-11H,2-8H2,1H3. The molecule has 3 atom stereocenters. The highest BCUT2D eigenvalue weighted by atomic mass is 15.3. The van der Waals surface area contributed by atoms with Gasteiger partial charge in [0.2, 0.25) is 0 Å². The topological polar surface area (TPSA) is 6.48 Å². The monoisotopic (exact) mass is 180 g/mol. The summed E-state index contributed by atoms with van der Waals surface area (Å²) in [5, 5.41) is 0. The number of hydrogen-bond acceptors (Lipinski definition) is 2. The van der Waals surface area contributed by atoms with Gasteiger partial charge in [-0.1, -0.05) is 0 Å². The van der Waals surface area contributed by atoms with Crippen molar-refractivity contribution in [1.82, 2.24) is 9.80 Å². The summed E-state index contributed by atoms with van der Waals surface area (Å²) in [6.45, 7) is 6.47. The fraction of sp³-hybridized carbons (Fsp3) is 1.00. The molecule has 3 fully saturated rings. The minimum atomic E-state index is 0.826. The van der Waals surface area contributed by atoms with E-state index in [1.165, 1.54) is 45.3 Å². The Balaban J connectivity index is 1.76. The molecule has 0 aromatic heterocycles. The molecule has 2 aliphatic heterocycles. The van der Waals surface area contributed by atoms with Crippen LogP contribution >= 0.6 is 0 Å². The van der Waals surface area contributed by atoms with Gasteiger partial charge in [0, 0.05) is 31.2 Å². The zero-order valence-electron chi connectivity index (χ0n) is 8.58. The van der Waals surface area contributed by atoms with Gasteiger partial charge in [0.1, 0.15) is 0 Å². The normalized spacial score (nSPS) is 46.4. The van der Waals surface area contributed by atoms with Crippen LogP contribution in [0.15, 0.2) is 0 Å². The largest absolute Gasteiger partial charge is 0.300 e. The molecule has 0 aromatic carbocycles. The van der Waals surface area contributed by atoms with E-state index in [1.54, 1.807) is 0 Å². The predicted octanol–water partition coefficient (Wildman–Crippen LogP) is 1.32. The Kier molecular flexibility index (Phi) is 1.88. The van der Waals surface area contributed by atoms with Gasteiger partial charge in [-0.25, -0.2) is 0 Å². The summed E-state index contributed by atoms with van der Waals surface area (Å²) in [5.74, 6) is 0. The summed E-state index contributed by atoms with van der Waals surface area (Å²) in [4.78, 5) is 5.49. The summed E-state index contributed by atoms with van der Waals surface area (Å²) in [6, 6.07) is 2.71. The van der Waals surface area contributed by atoms with E-state index in [2.05, 4.69) is 16.7 Å². The lowest BCUT2D eigenvalue weighted by Gasteiger charge is -2.49. The zero-order chi connectivity index (χ0) is 8.84. The van der Waals surface area contributed by atoms with Gasteiger partial charge in [-0.3, -0.25) is 4.90 Å². The van der Waals surface area contributed by atoms with Crippen molar-refractivity contribution in [3.63, 3.8) is 0 Å². The number of piperidine rings is 1. The average molecular weight is 180 g/mol. The van der Waals surface area contributed by atoms with Crippen LogP contribution in [0.5, 0.6) is 0 Å². The molecule has 13 heavy (non-hydrogen) atoms. The Morgan fingerprint density at radius 1 is 1.00 bits per heavy atom. The Bertz CT molecular complexity index is 198. The van der Waals surface area contributed by atoms with E-state index in [-0.39, 0.29) is 0 Å². The summed E-state index contributed by atoms with van der Waals surface area (Å²) in [6.07, 6.45) is 5.83. The van der Waals surface area contributed by atoms with Crippen molar-refractivity contribution in [1.29, 1.82) is 0 Å². The fourth-order valence-electron chi connectivity index (χ4n) is 3.30. The molecule has 74 valence electrons. The van der Waals surface area contributed by atoms with Crippen LogP contribution in [0.1, 0.15) is 32.6 Å². The van der Waals surface area contributed by atoms with E-state index in [0.717, 1.165) is 18.1 Å². The number of piperazine rings is 1. The minimum Gasteiger partial charge on any atom is -0.300 e. The van der Waals surface area contributed by atoms with Crippen LogP contribution in [0, 0.1) is 0 Å². The SMILES string of the molecule is CC1CN2CCCC(C2)N1C1CC1. The number of rotatable bonds is 1. The molecule has 0 amide bonds.